The number of nitrogens with one attached hydrogen (secondary N) is 3. The molecule has 0 unspecified atom stereocenters. The van der Waals surface area contributed by atoms with Crippen LogP contribution in [0.4, 0.5) is 0 Å². The van der Waals surface area contributed by atoms with Crippen LogP contribution < -0.4 is 15.4 Å². The molecule has 2 aliphatic heterocycles. The van der Waals surface area contributed by atoms with E-state index in [4.69, 9.17) is 4.74 Å². The zero-order valence-corrected chi connectivity index (χ0v) is 18.2. The Balaban J connectivity index is 1.26. The Labute approximate surface area is 182 Å². The molecule has 2 aliphatic rings. The molecule has 8 heteroatoms. The number of likely N-dealkylation sites (tertiary alicyclic amines) is 1. The van der Waals surface area contributed by atoms with Crippen molar-refractivity contribution >= 4 is 11.8 Å². The highest BCUT2D eigenvalue weighted by molar-refractivity contribution is 5.87. The summed E-state index contributed by atoms with van der Waals surface area (Å²) in [6.07, 6.45) is 5.35. The van der Waals surface area contributed by atoms with Crippen LogP contribution in [0.25, 0.3) is 0 Å². The number of aromatic amines is 1. The summed E-state index contributed by atoms with van der Waals surface area (Å²) < 4.78 is 5.15. The molecule has 2 amide bonds. The first-order valence-corrected chi connectivity index (χ1v) is 11.0. The molecule has 1 spiro atoms. The van der Waals surface area contributed by atoms with Crippen LogP contribution in [0, 0.1) is 0 Å². The van der Waals surface area contributed by atoms with Gasteiger partial charge >= 0.3 is 0 Å². The van der Waals surface area contributed by atoms with Crippen molar-refractivity contribution in [3.63, 3.8) is 0 Å². The molecule has 1 saturated heterocycles. The first kappa shape index (κ1) is 21.4. The Bertz CT molecular complexity index is 916. The normalized spacial score (nSPS) is 18.3. The number of methoxy groups -OCH3 is 1. The summed E-state index contributed by atoms with van der Waals surface area (Å²) in [7, 11) is 1.63. The minimum absolute atomic E-state index is 0.0225. The third-order valence-corrected chi connectivity index (χ3v) is 6.49. The van der Waals surface area contributed by atoms with E-state index in [9.17, 15) is 9.59 Å². The van der Waals surface area contributed by atoms with E-state index in [-0.39, 0.29) is 17.4 Å². The lowest BCUT2D eigenvalue weighted by atomic mass is 9.80. The number of hydrogen-bond donors (Lipinski definition) is 3. The van der Waals surface area contributed by atoms with Crippen molar-refractivity contribution in [2.45, 2.75) is 50.6 Å². The molecule has 1 fully saturated rings. The average molecular weight is 426 g/mol. The third kappa shape index (κ3) is 4.58. The molecule has 2 aromatic rings. The van der Waals surface area contributed by atoms with E-state index in [0.29, 0.717) is 25.9 Å². The molecule has 0 radical (unpaired) electrons. The quantitative estimate of drug-likeness (QED) is 0.652. The van der Waals surface area contributed by atoms with Crippen LogP contribution in [0.15, 0.2) is 30.6 Å². The maximum absolute atomic E-state index is 12.9. The van der Waals surface area contributed by atoms with Gasteiger partial charge in [0.2, 0.25) is 11.8 Å². The SMILES string of the molecule is COc1ccc(CCC(=O)N[C@@H](C)C(=O)N2CCC3(CC2)NCCc2[nH]cnc23)cc1. The van der Waals surface area contributed by atoms with E-state index in [1.165, 1.54) is 5.69 Å². The third-order valence-electron chi connectivity index (χ3n) is 6.49. The Morgan fingerprint density at radius 1 is 1.26 bits per heavy atom. The summed E-state index contributed by atoms with van der Waals surface area (Å²) >= 11 is 0. The molecule has 31 heavy (non-hydrogen) atoms. The van der Waals surface area contributed by atoms with Gasteiger partial charge in [-0.05, 0) is 43.9 Å². The van der Waals surface area contributed by atoms with Gasteiger partial charge in [-0.1, -0.05) is 12.1 Å². The van der Waals surface area contributed by atoms with Crippen molar-refractivity contribution in [1.82, 2.24) is 25.5 Å². The molecular formula is C23H31N5O3. The molecule has 0 bridgehead atoms. The second-order valence-corrected chi connectivity index (χ2v) is 8.45. The number of fused-ring (bicyclic) bond motifs is 2. The molecule has 4 rings (SSSR count). The van der Waals surface area contributed by atoms with Crippen LogP contribution >= 0.6 is 0 Å². The molecule has 0 saturated carbocycles. The number of benzene rings is 1. The Hall–Kier alpha value is -2.87. The van der Waals surface area contributed by atoms with Crippen LogP contribution in [0.3, 0.4) is 0 Å². The van der Waals surface area contributed by atoms with E-state index in [1.807, 2.05) is 29.2 Å². The summed E-state index contributed by atoms with van der Waals surface area (Å²) in [5, 5.41) is 6.50. The lowest BCUT2D eigenvalue weighted by Gasteiger charge is -2.44. The number of carbonyl (C=O) groups is 2. The summed E-state index contributed by atoms with van der Waals surface area (Å²) in [6, 6.07) is 7.14. The number of carbonyl (C=O) groups excluding carboxylic acids is 2. The van der Waals surface area contributed by atoms with Crippen LogP contribution in [0.1, 0.15) is 43.1 Å². The van der Waals surface area contributed by atoms with Crippen molar-refractivity contribution < 1.29 is 14.3 Å². The largest absolute Gasteiger partial charge is 0.497 e. The zero-order chi connectivity index (χ0) is 21.8. The number of piperidine rings is 1. The zero-order valence-electron chi connectivity index (χ0n) is 18.2. The number of amides is 2. The molecule has 3 N–H and O–H groups in total. The standard InChI is InChI=1S/C23H31N5O3/c1-16(27-20(29)8-5-17-3-6-18(31-2)7-4-17)22(30)28-13-10-23(11-14-28)21-19(9-12-26-23)24-15-25-21/h3-4,6-7,15-16,26H,5,8-14H2,1-2H3,(H,24,25)(H,27,29)/t16-/m0/s1. The highest BCUT2D eigenvalue weighted by Gasteiger charge is 2.42. The van der Waals surface area contributed by atoms with Gasteiger partial charge in [0.15, 0.2) is 0 Å². The van der Waals surface area contributed by atoms with Crippen LogP contribution in [0.2, 0.25) is 0 Å². The smallest absolute Gasteiger partial charge is 0.244 e. The second kappa shape index (κ2) is 9.09. The fraction of sp³-hybridized carbons (Fsp3) is 0.522. The fourth-order valence-electron chi connectivity index (χ4n) is 4.66. The maximum atomic E-state index is 12.9. The summed E-state index contributed by atoms with van der Waals surface area (Å²) in [5.41, 5.74) is 3.23. The molecule has 8 nitrogen and oxygen atoms in total. The molecule has 1 atom stereocenters. The highest BCUT2D eigenvalue weighted by Crippen LogP contribution is 2.35. The van der Waals surface area contributed by atoms with Gasteiger partial charge in [0.1, 0.15) is 11.8 Å². The number of aryl methyl sites for hydroxylation is 1. The second-order valence-electron chi connectivity index (χ2n) is 8.45. The Kier molecular flexibility index (Phi) is 6.27. The summed E-state index contributed by atoms with van der Waals surface area (Å²) in [4.78, 5) is 34.9. The topological polar surface area (TPSA) is 99.4 Å². The lowest BCUT2D eigenvalue weighted by molar-refractivity contribution is -0.137. The van der Waals surface area contributed by atoms with Gasteiger partial charge in [-0.25, -0.2) is 4.98 Å². The highest BCUT2D eigenvalue weighted by atomic mass is 16.5. The van der Waals surface area contributed by atoms with Crippen molar-refractivity contribution in [2.24, 2.45) is 0 Å². The Morgan fingerprint density at radius 3 is 2.71 bits per heavy atom. The van der Waals surface area contributed by atoms with Gasteiger partial charge in [0.05, 0.1) is 24.7 Å². The molecule has 0 aliphatic carbocycles. The van der Waals surface area contributed by atoms with Gasteiger partial charge in [0, 0.05) is 38.2 Å². The molecule has 3 heterocycles. The van der Waals surface area contributed by atoms with E-state index < -0.39 is 6.04 Å². The lowest BCUT2D eigenvalue weighted by Crippen LogP contribution is -2.57. The number of imidazole rings is 1. The van der Waals surface area contributed by atoms with Gasteiger partial charge < -0.3 is 25.3 Å². The number of ether oxygens (including phenoxy) is 1. The average Bonchev–Trinajstić information content (AvgIpc) is 3.29. The maximum Gasteiger partial charge on any atom is 0.244 e. The summed E-state index contributed by atoms with van der Waals surface area (Å²) in [5.74, 6) is 0.661. The number of aromatic nitrogens is 2. The predicted octanol–water partition coefficient (Wildman–Crippen LogP) is 1.52. The number of nitrogens with zero attached hydrogens (tertiary/aromatic N) is 2. The number of H-pyrrole nitrogens is 1. The molecular weight excluding hydrogens is 394 g/mol. The van der Waals surface area contributed by atoms with Gasteiger partial charge in [-0.15, -0.1) is 0 Å². The van der Waals surface area contributed by atoms with Crippen LogP contribution in [-0.2, 0) is 28.0 Å². The molecule has 1 aromatic carbocycles. The van der Waals surface area contributed by atoms with Crippen LogP contribution in [0.5, 0.6) is 5.75 Å². The van der Waals surface area contributed by atoms with Gasteiger partial charge in [-0.3, -0.25) is 9.59 Å². The Morgan fingerprint density at radius 2 is 2.00 bits per heavy atom. The van der Waals surface area contributed by atoms with Crippen molar-refractivity contribution in [3.8, 4) is 5.75 Å². The minimum atomic E-state index is -0.530. The first-order chi connectivity index (χ1) is 15.0. The van der Waals surface area contributed by atoms with Crippen molar-refractivity contribution in [3.05, 3.63) is 47.5 Å². The van der Waals surface area contributed by atoms with E-state index in [1.54, 1.807) is 20.4 Å². The summed E-state index contributed by atoms with van der Waals surface area (Å²) in [6.45, 7) is 4.00. The number of hydrogen-bond acceptors (Lipinski definition) is 5. The van der Waals surface area contributed by atoms with Gasteiger partial charge in [0.25, 0.3) is 0 Å². The van der Waals surface area contributed by atoms with Gasteiger partial charge in [-0.2, -0.15) is 0 Å². The minimum Gasteiger partial charge on any atom is -0.497 e. The molecule has 1 aromatic heterocycles. The van der Waals surface area contributed by atoms with Crippen LogP contribution in [-0.4, -0.2) is 59.5 Å². The number of rotatable bonds is 6. The van der Waals surface area contributed by atoms with E-state index >= 15 is 0 Å². The van der Waals surface area contributed by atoms with Crippen molar-refractivity contribution in [2.75, 3.05) is 26.7 Å². The fourth-order valence-corrected chi connectivity index (χ4v) is 4.66. The predicted molar refractivity (Wildman–Crippen MR) is 117 cm³/mol. The first-order valence-electron chi connectivity index (χ1n) is 11.0. The van der Waals surface area contributed by atoms with E-state index in [2.05, 4.69) is 20.6 Å². The van der Waals surface area contributed by atoms with E-state index in [0.717, 1.165) is 42.8 Å². The van der Waals surface area contributed by atoms with Crippen molar-refractivity contribution in [1.29, 1.82) is 0 Å². The monoisotopic (exact) mass is 425 g/mol. The molecule has 166 valence electrons.